The van der Waals surface area contributed by atoms with Gasteiger partial charge < -0.3 is 30.6 Å². The van der Waals surface area contributed by atoms with E-state index < -0.39 is 14.8 Å². The molecule has 0 atom stereocenters. The third-order valence-corrected chi connectivity index (χ3v) is 6.92. The lowest BCUT2D eigenvalue weighted by Crippen LogP contribution is -2.29. The number of nitrogens with one attached hydrogen (secondary N) is 1. The van der Waals surface area contributed by atoms with E-state index in [1.54, 1.807) is 4.90 Å². The van der Waals surface area contributed by atoms with E-state index in [4.69, 9.17) is 43.6 Å². The van der Waals surface area contributed by atoms with Crippen molar-refractivity contribution in [3.8, 4) is 0 Å². The highest BCUT2D eigenvalue weighted by Gasteiger charge is 2.22. The molecule has 52 heavy (non-hydrogen) atoms. The average Bonchev–Trinajstić information content (AvgIpc) is 3.91. The molecule has 0 aliphatic carbocycles. The summed E-state index contributed by atoms with van der Waals surface area (Å²) in [4.78, 5) is 31.7. The second kappa shape index (κ2) is 20.2. The molecule has 3 aromatic heterocycles. The molecule has 0 bridgehead atoms. The van der Waals surface area contributed by atoms with Gasteiger partial charge >= 0.3 is 17.1 Å². The summed E-state index contributed by atoms with van der Waals surface area (Å²) in [7, 11) is 0. The van der Waals surface area contributed by atoms with Crippen LogP contribution in [0.25, 0.3) is 33.1 Å². The molecule has 0 amide bonds. The fraction of sp³-hybridized carbons (Fsp3) is 0.308. The molecule has 6 rings (SSSR count). The molecule has 6 aromatic rings. The van der Waals surface area contributed by atoms with Gasteiger partial charge in [0.2, 0.25) is 16.6 Å². The Kier molecular flexibility index (Phi) is 15.8. The van der Waals surface area contributed by atoms with Gasteiger partial charge in [-0.15, -0.1) is 0 Å². The minimum absolute atomic E-state index is 0.0448. The lowest BCUT2D eigenvalue weighted by atomic mass is 10.2. The summed E-state index contributed by atoms with van der Waals surface area (Å²) in [6.07, 6.45) is 0. The third-order valence-electron chi connectivity index (χ3n) is 6.31. The highest BCUT2D eigenvalue weighted by atomic mass is 35.5. The molecule has 0 aliphatic heterocycles. The zero-order valence-electron chi connectivity index (χ0n) is 26.3. The summed E-state index contributed by atoms with van der Waals surface area (Å²) in [6, 6.07) is 8.07. The fourth-order valence-electron chi connectivity index (χ4n) is 4.06. The van der Waals surface area contributed by atoms with Crippen molar-refractivity contribution in [3.05, 3.63) is 76.8 Å². The van der Waals surface area contributed by atoms with E-state index in [9.17, 15) is 30.3 Å². The number of aromatic nitrogens is 6. The van der Waals surface area contributed by atoms with Gasteiger partial charge in [-0.25, -0.2) is 13.9 Å². The Hall–Kier alpha value is -5.76. The Morgan fingerprint density at radius 1 is 0.558 bits per heavy atom. The normalized spacial score (nSPS) is 10.5. The van der Waals surface area contributed by atoms with Crippen molar-refractivity contribution in [2.45, 2.75) is 0 Å². The van der Waals surface area contributed by atoms with Crippen LogP contribution >= 0.6 is 23.2 Å². The Bertz CT molecular complexity index is 1990. The second-order valence-corrected chi connectivity index (χ2v) is 10.3. The Morgan fingerprint density at radius 2 is 0.904 bits per heavy atom. The number of hydrogen-bond acceptors (Lipinski definition) is 21. The first-order valence-corrected chi connectivity index (χ1v) is 15.1. The standard InChI is InChI=1S/C10H12N4O5.2C6H2ClN3O3.C4H11NO2/c15-5-3-13(4-6-16)7-1-2-8(14(17)18)10-9(7)11-19-12-10;2*7-3-1-2-4(10(11)12)6-5(3)8-13-9-6;6-3-1-5-2-4-7/h1-2,15-16H,3-6H2;2*1-2H;5-7H,1-4H2. The van der Waals surface area contributed by atoms with E-state index in [0.717, 1.165) is 0 Å². The van der Waals surface area contributed by atoms with Gasteiger partial charge in [0.25, 0.3) is 0 Å². The van der Waals surface area contributed by atoms with E-state index in [1.807, 2.05) is 0 Å². The second-order valence-electron chi connectivity index (χ2n) is 9.52. The van der Waals surface area contributed by atoms with Crippen LogP contribution in [-0.2, 0) is 0 Å². The minimum atomic E-state index is -0.571. The fourth-order valence-corrected chi connectivity index (χ4v) is 4.44. The SMILES string of the molecule is O=[N+]([O-])c1ccc(Cl)c2nonc12.O=[N+]([O-])c1ccc(Cl)c2nonc12.O=[N+]([O-])c1ccc(N(CCO)CCO)c2nonc12.OCCNCCO. The molecular weight excluding hydrogens is 745 g/mol. The van der Waals surface area contributed by atoms with Crippen molar-refractivity contribution in [3.63, 3.8) is 0 Å². The van der Waals surface area contributed by atoms with Crippen molar-refractivity contribution in [2.75, 3.05) is 57.5 Å². The molecule has 0 radical (unpaired) electrons. The summed E-state index contributed by atoms with van der Waals surface area (Å²) in [5.41, 5.74) is 0.806. The van der Waals surface area contributed by atoms with Crippen molar-refractivity contribution < 1.29 is 49.1 Å². The number of fused-ring (bicyclic) bond motifs is 3. The number of nitrogens with zero attached hydrogens (tertiary/aromatic N) is 10. The van der Waals surface area contributed by atoms with E-state index in [1.165, 1.54) is 36.4 Å². The van der Waals surface area contributed by atoms with Crippen LogP contribution in [-0.4, -0.2) is 119 Å². The summed E-state index contributed by atoms with van der Waals surface area (Å²) >= 11 is 11.4. The summed E-state index contributed by atoms with van der Waals surface area (Å²) in [6.45, 7) is 1.70. The Balaban J connectivity index is 0.000000197. The van der Waals surface area contributed by atoms with E-state index >= 15 is 0 Å². The van der Waals surface area contributed by atoms with Crippen LogP contribution in [0, 0.1) is 30.3 Å². The molecule has 26 heteroatoms. The molecule has 0 spiro atoms. The quantitative estimate of drug-likeness (QED) is 0.0675. The summed E-state index contributed by atoms with van der Waals surface area (Å²) in [5.74, 6) is 0. The smallest absolute Gasteiger partial charge is 0.300 e. The molecule has 278 valence electrons. The maximum absolute atomic E-state index is 10.8. The van der Waals surface area contributed by atoms with Gasteiger partial charge in [-0.1, -0.05) is 23.2 Å². The first kappa shape index (κ1) is 40.7. The van der Waals surface area contributed by atoms with Crippen LogP contribution in [0.2, 0.25) is 10.0 Å². The molecule has 3 aromatic carbocycles. The van der Waals surface area contributed by atoms with Crippen LogP contribution < -0.4 is 10.2 Å². The molecule has 0 saturated heterocycles. The number of halogens is 2. The predicted octanol–water partition coefficient (Wildman–Crippen LogP) is 2.05. The summed E-state index contributed by atoms with van der Waals surface area (Å²) in [5, 5.41) is 90.3. The van der Waals surface area contributed by atoms with Gasteiger partial charge in [0, 0.05) is 44.4 Å². The molecule has 0 aliphatic rings. The molecular formula is C26H27Cl2N11O13. The highest BCUT2D eigenvalue weighted by molar-refractivity contribution is 6.35. The first-order chi connectivity index (χ1) is 25.0. The van der Waals surface area contributed by atoms with Gasteiger partial charge in [-0.05, 0) is 49.1 Å². The van der Waals surface area contributed by atoms with Crippen molar-refractivity contribution >= 4 is 79.1 Å². The maximum atomic E-state index is 10.8. The number of anilines is 1. The lowest BCUT2D eigenvalue weighted by Gasteiger charge is -2.22. The van der Waals surface area contributed by atoms with Gasteiger partial charge in [0.05, 0.1) is 56.9 Å². The zero-order chi connectivity index (χ0) is 38.2. The van der Waals surface area contributed by atoms with Crippen molar-refractivity contribution in [2.24, 2.45) is 0 Å². The van der Waals surface area contributed by atoms with Gasteiger partial charge in [0.15, 0.2) is 16.6 Å². The number of aliphatic hydroxyl groups excluding tert-OH is 4. The van der Waals surface area contributed by atoms with E-state index in [0.29, 0.717) is 18.8 Å². The number of nitro benzene ring substituents is 3. The van der Waals surface area contributed by atoms with Crippen LogP contribution in [0.3, 0.4) is 0 Å². The van der Waals surface area contributed by atoms with Gasteiger partial charge in [-0.3, -0.25) is 30.3 Å². The predicted molar refractivity (Wildman–Crippen MR) is 179 cm³/mol. The number of nitro groups is 3. The van der Waals surface area contributed by atoms with Crippen LogP contribution in [0.5, 0.6) is 0 Å². The lowest BCUT2D eigenvalue weighted by molar-refractivity contribution is -0.383. The number of non-ortho nitro benzene ring substituents is 3. The van der Waals surface area contributed by atoms with E-state index in [2.05, 4.69) is 50.1 Å². The molecule has 0 saturated carbocycles. The van der Waals surface area contributed by atoms with Crippen LogP contribution in [0.15, 0.2) is 50.3 Å². The Labute approximate surface area is 298 Å². The first-order valence-electron chi connectivity index (χ1n) is 14.4. The molecule has 3 heterocycles. The van der Waals surface area contributed by atoms with Crippen LogP contribution in [0.1, 0.15) is 0 Å². The largest absolute Gasteiger partial charge is 0.395 e. The minimum Gasteiger partial charge on any atom is -0.395 e. The van der Waals surface area contributed by atoms with Crippen molar-refractivity contribution in [1.29, 1.82) is 0 Å². The monoisotopic (exact) mass is 771 g/mol. The molecule has 24 nitrogen and oxygen atoms in total. The topological polar surface area (TPSA) is 342 Å². The maximum Gasteiger partial charge on any atom is 0.300 e. The van der Waals surface area contributed by atoms with Crippen LogP contribution in [0.4, 0.5) is 22.7 Å². The molecule has 5 N–H and O–H groups in total. The number of aliphatic hydroxyl groups is 4. The third kappa shape index (κ3) is 10.4. The highest BCUT2D eigenvalue weighted by Crippen LogP contribution is 2.31. The number of benzene rings is 3. The molecule has 0 fully saturated rings. The van der Waals surface area contributed by atoms with E-state index in [-0.39, 0.29) is 99.7 Å². The van der Waals surface area contributed by atoms with Gasteiger partial charge in [0.1, 0.15) is 0 Å². The number of hydrogen-bond donors (Lipinski definition) is 5. The Morgan fingerprint density at radius 3 is 1.27 bits per heavy atom. The summed E-state index contributed by atoms with van der Waals surface area (Å²) < 4.78 is 13.2. The van der Waals surface area contributed by atoms with Gasteiger partial charge in [-0.2, -0.15) is 0 Å². The zero-order valence-corrected chi connectivity index (χ0v) is 27.8. The van der Waals surface area contributed by atoms with Crippen molar-refractivity contribution in [1.82, 2.24) is 36.3 Å². The number of rotatable bonds is 12. The average molecular weight is 772 g/mol. The molecule has 0 unspecified atom stereocenters.